The maximum Gasteiger partial charge on any atom is 0.264 e. The maximum absolute atomic E-state index is 13.9. The van der Waals surface area contributed by atoms with Gasteiger partial charge in [0.1, 0.15) is 15.0 Å². The van der Waals surface area contributed by atoms with Crippen LogP contribution < -0.4 is 4.72 Å². The molecule has 0 saturated carbocycles. The van der Waals surface area contributed by atoms with Crippen LogP contribution in [0.2, 0.25) is 0 Å². The number of amides is 1. The van der Waals surface area contributed by atoms with Gasteiger partial charge in [0.15, 0.2) is 0 Å². The standard InChI is InChI=1S/C24H23FN4O3S3/c25-21-5-1-2-6-22(21)35(31,32)27-20-9-7-19(8-10-20)23(30)28-12-14-29(15-13-28)24(33)34-17-18-4-3-11-26-16-18/h1-11,16,27H,12-15,17H2. The van der Waals surface area contributed by atoms with Gasteiger partial charge < -0.3 is 9.80 Å². The lowest BCUT2D eigenvalue weighted by Crippen LogP contribution is -2.49. The van der Waals surface area contributed by atoms with Crippen LogP contribution in [0.1, 0.15) is 15.9 Å². The Hall–Kier alpha value is -3.02. The SMILES string of the molecule is O=C(c1ccc(NS(=O)(=O)c2ccccc2F)cc1)N1CCN(C(=S)SCc2cccnc2)CC1. The first kappa shape index (κ1) is 25.1. The molecule has 1 aliphatic heterocycles. The molecule has 1 saturated heterocycles. The molecular weight excluding hydrogens is 507 g/mol. The second kappa shape index (κ2) is 11.1. The fraction of sp³-hybridized carbons (Fsp3) is 0.208. The molecule has 1 amide bonds. The molecule has 1 aliphatic rings. The highest BCUT2D eigenvalue weighted by atomic mass is 32.2. The average Bonchev–Trinajstić information content (AvgIpc) is 2.88. The normalized spacial score (nSPS) is 14.0. The van der Waals surface area contributed by atoms with Gasteiger partial charge >= 0.3 is 0 Å². The highest BCUT2D eigenvalue weighted by Gasteiger charge is 2.24. The third-order valence-electron chi connectivity index (χ3n) is 5.42. The maximum atomic E-state index is 13.9. The largest absolute Gasteiger partial charge is 0.354 e. The van der Waals surface area contributed by atoms with Crippen LogP contribution in [0, 0.1) is 5.82 Å². The minimum absolute atomic E-state index is 0.137. The summed E-state index contributed by atoms with van der Waals surface area (Å²) in [6.45, 7) is 2.36. The van der Waals surface area contributed by atoms with Crippen LogP contribution in [-0.4, -0.2) is 59.6 Å². The summed E-state index contributed by atoms with van der Waals surface area (Å²) < 4.78 is 41.9. The van der Waals surface area contributed by atoms with Crippen molar-refractivity contribution in [1.82, 2.24) is 14.8 Å². The number of piperazine rings is 1. The first-order valence-corrected chi connectivity index (χ1v) is 13.7. The number of aromatic nitrogens is 1. The van der Waals surface area contributed by atoms with Crippen LogP contribution in [0.25, 0.3) is 0 Å². The van der Waals surface area contributed by atoms with Crippen LogP contribution in [0.4, 0.5) is 10.1 Å². The molecule has 7 nitrogen and oxygen atoms in total. The van der Waals surface area contributed by atoms with E-state index in [0.29, 0.717) is 31.7 Å². The van der Waals surface area contributed by atoms with E-state index in [1.165, 1.54) is 30.3 Å². The molecule has 2 heterocycles. The van der Waals surface area contributed by atoms with Crippen molar-refractivity contribution in [2.75, 3.05) is 30.9 Å². The van der Waals surface area contributed by atoms with E-state index in [0.717, 1.165) is 21.7 Å². The molecule has 2 aromatic carbocycles. The van der Waals surface area contributed by atoms with Crippen LogP contribution in [0.15, 0.2) is 78.0 Å². The molecule has 1 fully saturated rings. The van der Waals surface area contributed by atoms with Crippen molar-refractivity contribution in [1.29, 1.82) is 0 Å². The summed E-state index contributed by atoms with van der Waals surface area (Å²) in [5, 5.41) is 0. The molecule has 182 valence electrons. The van der Waals surface area contributed by atoms with E-state index in [1.54, 1.807) is 35.0 Å². The monoisotopic (exact) mass is 530 g/mol. The fourth-order valence-electron chi connectivity index (χ4n) is 3.55. The molecular formula is C24H23FN4O3S3. The van der Waals surface area contributed by atoms with Gasteiger partial charge in [-0.3, -0.25) is 14.5 Å². The number of anilines is 1. The van der Waals surface area contributed by atoms with Gasteiger partial charge in [0, 0.05) is 55.6 Å². The summed E-state index contributed by atoms with van der Waals surface area (Å²) in [5.74, 6) is -0.221. The summed E-state index contributed by atoms with van der Waals surface area (Å²) in [4.78, 5) is 20.4. The van der Waals surface area contributed by atoms with Gasteiger partial charge in [-0.15, -0.1) is 0 Å². The van der Waals surface area contributed by atoms with E-state index in [1.807, 2.05) is 18.3 Å². The Balaban J connectivity index is 1.30. The molecule has 4 rings (SSSR count). The van der Waals surface area contributed by atoms with Gasteiger partial charge in [-0.05, 0) is 48.0 Å². The first-order valence-electron chi connectivity index (χ1n) is 10.8. The molecule has 1 aromatic heterocycles. The second-order valence-electron chi connectivity index (χ2n) is 7.81. The Morgan fingerprint density at radius 3 is 2.34 bits per heavy atom. The van der Waals surface area contributed by atoms with E-state index in [9.17, 15) is 17.6 Å². The fourth-order valence-corrected chi connectivity index (χ4v) is 5.87. The van der Waals surface area contributed by atoms with Gasteiger partial charge in [-0.1, -0.05) is 42.2 Å². The Morgan fingerprint density at radius 1 is 1.00 bits per heavy atom. The Morgan fingerprint density at radius 2 is 1.69 bits per heavy atom. The van der Waals surface area contributed by atoms with Crippen molar-refractivity contribution in [2.24, 2.45) is 0 Å². The molecule has 0 bridgehead atoms. The highest BCUT2D eigenvalue weighted by molar-refractivity contribution is 8.22. The number of thiocarbonyl (C=S) groups is 1. The van der Waals surface area contributed by atoms with Gasteiger partial charge in [-0.2, -0.15) is 0 Å². The number of nitrogens with zero attached hydrogens (tertiary/aromatic N) is 3. The number of carbonyl (C=O) groups excluding carboxylic acids is 1. The molecule has 0 unspecified atom stereocenters. The third-order valence-corrected chi connectivity index (χ3v) is 8.43. The van der Waals surface area contributed by atoms with Crippen LogP contribution in [-0.2, 0) is 15.8 Å². The topological polar surface area (TPSA) is 82.6 Å². The number of hydrogen-bond acceptors (Lipinski definition) is 6. The molecule has 11 heteroatoms. The summed E-state index contributed by atoms with van der Waals surface area (Å²) in [7, 11) is -4.08. The smallest absolute Gasteiger partial charge is 0.264 e. The van der Waals surface area contributed by atoms with E-state index in [2.05, 4.69) is 14.6 Å². The van der Waals surface area contributed by atoms with Crippen LogP contribution in [0.3, 0.4) is 0 Å². The number of sulfonamides is 1. The zero-order chi connectivity index (χ0) is 24.8. The molecule has 35 heavy (non-hydrogen) atoms. The van der Waals surface area contributed by atoms with Gasteiger partial charge in [0.05, 0.1) is 0 Å². The van der Waals surface area contributed by atoms with Gasteiger partial charge in [0.2, 0.25) is 0 Å². The van der Waals surface area contributed by atoms with Crippen molar-refractivity contribution in [2.45, 2.75) is 10.6 Å². The number of thioether (sulfide) groups is 1. The van der Waals surface area contributed by atoms with Gasteiger partial charge in [0.25, 0.3) is 15.9 Å². The summed E-state index contributed by atoms with van der Waals surface area (Å²) in [6.07, 6.45) is 3.56. The number of hydrogen-bond donors (Lipinski definition) is 1. The molecule has 3 aromatic rings. The van der Waals surface area contributed by atoms with E-state index < -0.39 is 20.7 Å². The lowest BCUT2D eigenvalue weighted by Gasteiger charge is -2.36. The average molecular weight is 531 g/mol. The quantitative estimate of drug-likeness (QED) is 0.483. The number of halogens is 1. The molecule has 1 N–H and O–H groups in total. The lowest BCUT2D eigenvalue weighted by molar-refractivity contribution is 0.0695. The van der Waals surface area contributed by atoms with Crippen molar-refractivity contribution < 1.29 is 17.6 Å². The number of carbonyl (C=O) groups is 1. The predicted molar refractivity (Wildman–Crippen MR) is 139 cm³/mol. The lowest BCUT2D eigenvalue weighted by atomic mass is 10.1. The van der Waals surface area contributed by atoms with Crippen LogP contribution >= 0.6 is 24.0 Å². The Kier molecular flexibility index (Phi) is 7.99. The zero-order valence-electron chi connectivity index (χ0n) is 18.6. The molecule has 0 atom stereocenters. The Labute approximate surface area is 213 Å². The minimum atomic E-state index is -4.08. The first-order chi connectivity index (χ1) is 16.8. The van der Waals surface area contributed by atoms with Crippen molar-refractivity contribution in [3.8, 4) is 0 Å². The van der Waals surface area contributed by atoms with E-state index in [4.69, 9.17) is 12.2 Å². The highest BCUT2D eigenvalue weighted by Crippen LogP contribution is 2.21. The minimum Gasteiger partial charge on any atom is -0.354 e. The van der Waals surface area contributed by atoms with Crippen molar-refractivity contribution in [3.63, 3.8) is 0 Å². The number of nitrogens with one attached hydrogen (secondary N) is 1. The zero-order valence-corrected chi connectivity index (χ0v) is 21.1. The summed E-state index contributed by atoms with van der Waals surface area (Å²) in [5.41, 5.74) is 1.79. The Bertz CT molecular complexity index is 1300. The summed E-state index contributed by atoms with van der Waals surface area (Å²) in [6, 6.07) is 15.2. The van der Waals surface area contributed by atoms with Crippen LogP contribution in [0.5, 0.6) is 0 Å². The summed E-state index contributed by atoms with van der Waals surface area (Å²) >= 11 is 7.14. The number of rotatable bonds is 6. The third kappa shape index (κ3) is 6.36. The number of pyridine rings is 1. The van der Waals surface area contributed by atoms with Crippen molar-refractivity contribution >= 4 is 49.9 Å². The van der Waals surface area contributed by atoms with E-state index >= 15 is 0 Å². The molecule has 0 radical (unpaired) electrons. The number of benzene rings is 2. The molecule has 0 aliphatic carbocycles. The van der Waals surface area contributed by atoms with Crippen molar-refractivity contribution in [3.05, 3.63) is 90.0 Å². The van der Waals surface area contributed by atoms with E-state index in [-0.39, 0.29) is 11.6 Å². The van der Waals surface area contributed by atoms with Gasteiger partial charge in [-0.25, -0.2) is 12.8 Å². The predicted octanol–water partition coefficient (Wildman–Crippen LogP) is 4.00. The second-order valence-corrected chi connectivity index (χ2v) is 11.1. The molecule has 0 spiro atoms.